The Kier molecular flexibility index (Phi) is 7.94. The normalized spacial score (nSPS) is 10.7. The van der Waals surface area contributed by atoms with E-state index >= 15 is 0 Å². The van der Waals surface area contributed by atoms with E-state index in [0.29, 0.717) is 11.1 Å². The molecule has 142 valence electrons. The third kappa shape index (κ3) is 6.82. The maximum Gasteiger partial charge on any atom is 0.373 e. The van der Waals surface area contributed by atoms with Crippen LogP contribution in [0.15, 0.2) is 48.5 Å². The van der Waals surface area contributed by atoms with E-state index in [0.717, 1.165) is 11.1 Å². The fourth-order valence-electron chi connectivity index (χ4n) is 2.03. The van der Waals surface area contributed by atoms with Crippen LogP contribution in [-0.2, 0) is 24.3 Å². The van der Waals surface area contributed by atoms with E-state index in [1.807, 2.05) is 26.0 Å². The van der Waals surface area contributed by atoms with Crippen molar-refractivity contribution in [2.45, 2.75) is 13.8 Å². The first-order valence-electron chi connectivity index (χ1n) is 8.13. The summed E-state index contributed by atoms with van der Waals surface area (Å²) in [4.78, 5) is 43.1. The maximum atomic E-state index is 12.0. The Bertz CT molecular complexity index is 711. The summed E-state index contributed by atoms with van der Waals surface area (Å²) in [6.45, 7) is 7.04. The van der Waals surface area contributed by atoms with Gasteiger partial charge in [0.25, 0.3) is 0 Å². The van der Waals surface area contributed by atoms with Gasteiger partial charge in [0, 0.05) is 6.61 Å². The second-order valence-electron chi connectivity index (χ2n) is 5.57. The van der Waals surface area contributed by atoms with Crippen LogP contribution in [0.4, 0.5) is 0 Å². The van der Waals surface area contributed by atoms with E-state index < -0.39 is 11.9 Å². The van der Waals surface area contributed by atoms with Crippen molar-refractivity contribution in [1.29, 1.82) is 0 Å². The number of hydrogen-bond acceptors (Lipinski definition) is 7. The zero-order chi connectivity index (χ0) is 19.6. The minimum Gasteiger partial charge on any atom is -0.375 e. The average molecular weight is 372 g/mol. The molecule has 0 aliphatic rings. The summed E-state index contributed by atoms with van der Waals surface area (Å²) >= 11 is 0. The van der Waals surface area contributed by atoms with Gasteiger partial charge in [0.15, 0.2) is 0 Å². The van der Waals surface area contributed by atoms with Crippen LogP contribution < -0.4 is 0 Å². The van der Waals surface area contributed by atoms with Crippen molar-refractivity contribution < 1.29 is 33.9 Å². The Balaban J connectivity index is 1.90. The third-order valence-corrected chi connectivity index (χ3v) is 3.29. The quantitative estimate of drug-likeness (QED) is 0.492. The smallest absolute Gasteiger partial charge is 0.373 e. The van der Waals surface area contributed by atoms with Crippen LogP contribution in [0, 0.1) is 27.1 Å². The Morgan fingerprint density at radius 2 is 1.30 bits per heavy atom. The molecular formula is C20H20O7. The molecule has 0 heterocycles. The molecule has 0 aliphatic carbocycles. The molecule has 0 N–H and O–H groups in total. The lowest BCUT2D eigenvalue weighted by Crippen LogP contribution is -2.20. The summed E-state index contributed by atoms with van der Waals surface area (Å²) in [5.41, 5.74) is 2.36. The number of benzene rings is 2. The first-order valence-corrected chi connectivity index (χ1v) is 8.13. The van der Waals surface area contributed by atoms with Gasteiger partial charge in [0.2, 0.25) is 0 Å². The van der Waals surface area contributed by atoms with Crippen LogP contribution in [0.5, 0.6) is 0 Å². The Hall–Kier alpha value is -2.74. The number of aryl methyl sites for hydroxylation is 2. The third-order valence-electron chi connectivity index (χ3n) is 3.29. The van der Waals surface area contributed by atoms with Crippen molar-refractivity contribution in [3.8, 4) is 0 Å². The topological polar surface area (TPSA) is 80.3 Å². The molecule has 2 radical (unpaired) electrons. The molecule has 0 spiro atoms. The van der Waals surface area contributed by atoms with Crippen LogP contribution in [-0.4, -0.2) is 25.2 Å². The molecule has 0 atom stereocenters. The summed E-state index contributed by atoms with van der Waals surface area (Å²) in [6, 6.07) is 13.5. The van der Waals surface area contributed by atoms with Gasteiger partial charge >= 0.3 is 18.2 Å². The van der Waals surface area contributed by atoms with Gasteiger partial charge < -0.3 is 4.74 Å². The van der Waals surface area contributed by atoms with Crippen LogP contribution in [0.25, 0.3) is 0 Å². The summed E-state index contributed by atoms with van der Waals surface area (Å²) in [5, 5.41) is 0. The Morgan fingerprint density at radius 3 is 1.70 bits per heavy atom. The van der Waals surface area contributed by atoms with E-state index in [2.05, 4.69) is 6.92 Å². The second kappa shape index (κ2) is 10.4. The van der Waals surface area contributed by atoms with Gasteiger partial charge in [-0.15, -0.1) is 9.78 Å². The zero-order valence-corrected chi connectivity index (χ0v) is 15.1. The molecule has 2 aromatic carbocycles. The minimum atomic E-state index is -0.737. The fraction of sp³-hybridized carbons (Fsp3) is 0.200. The molecule has 0 aromatic heterocycles. The lowest BCUT2D eigenvalue weighted by Gasteiger charge is -2.13. The van der Waals surface area contributed by atoms with Crippen molar-refractivity contribution in [3.05, 3.63) is 84.0 Å². The maximum absolute atomic E-state index is 12.0. The molecule has 7 heteroatoms. The largest absolute Gasteiger partial charge is 0.375 e. The second-order valence-corrected chi connectivity index (χ2v) is 5.57. The first-order chi connectivity index (χ1) is 13.0. The molecular weight excluding hydrogens is 352 g/mol. The molecule has 7 nitrogen and oxygen atoms in total. The van der Waals surface area contributed by atoms with Gasteiger partial charge in [-0.3, -0.25) is 9.78 Å². The van der Waals surface area contributed by atoms with Crippen molar-refractivity contribution >= 4 is 11.9 Å². The van der Waals surface area contributed by atoms with Crippen molar-refractivity contribution in [3.63, 3.8) is 0 Å². The number of rotatable bonds is 9. The van der Waals surface area contributed by atoms with E-state index in [9.17, 15) is 9.59 Å². The highest BCUT2D eigenvalue weighted by Gasteiger charge is 2.22. The van der Waals surface area contributed by atoms with E-state index in [1.54, 1.807) is 36.4 Å². The first kappa shape index (κ1) is 20.6. The molecule has 0 saturated heterocycles. The van der Waals surface area contributed by atoms with Gasteiger partial charge in [0.05, 0.1) is 11.1 Å². The molecule has 0 bridgehead atoms. The lowest BCUT2D eigenvalue weighted by molar-refractivity contribution is -0.368. The fourth-order valence-corrected chi connectivity index (χ4v) is 2.03. The lowest BCUT2D eigenvalue weighted by atomic mass is 10.1. The van der Waals surface area contributed by atoms with Crippen molar-refractivity contribution in [2.75, 3.05) is 13.2 Å². The van der Waals surface area contributed by atoms with Crippen molar-refractivity contribution in [2.24, 2.45) is 0 Å². The number of hydrogen-bond donors (Lipinski definition) is 0. The highest BCUT2D eigenvalue weighted by atomic mass is 17.3. The zero-order valence-electron chi connectivity index (χ0n) is 15.1. The van der Waals surface area contributed by atoms with E-state index in [-0.39, 0.29) is 19.5 Å². The monoisotopic (exact) mass is 372 g/mol. The number of ether oxygens (including phenoxy) is 1. The molecule has 2 rings (SSSR count). The standard InChI is InChI=1S/C20H20O7/c1-4-23-13-18(24-26-19(21)16-9-5-7-14(2)11-16)25-27-20(22)17-10-6-8-15(3)12-17/h5-12H,1,4,13H2,2-3H3. The van der Waals surface area contributed by atoms with Gasteiger partial charge in [-0.2, -0.15) is 0 Å². The van der Waals surface area contributed by atoms with Crippen molar-refractivity contribution in [1.82, 2.24) is 0 Å². The highest BCUT2D eigenvalue weighted by molar-refractivity contribution is 5.89. The molecule has 2 aromatic rings. The predicted molar refractivity (Wildman–Crippen MR) is 94.8 cm³/mol. The van der Waals surface area contributed by atoms with Crippen LogP contribution in [0.3, 0.4) is 0 Å². The summed E-state index contributed by atoms with van der Waals surface area (Å²) in [5.74, 6) is -1.47. The SMILES string of the molecule is [CH2]COC[C](OOC(=O)c1cccc(C)c1)OOC(=O)c1cccc(C)c1. The molecule has 0 unspecified atom stereocenters. The number of carbonyl (C=O) groups is 2. The Labute approximate surface area is 157 Å². The van der Waals surface area contributed by atoms with Gasteiger partial charge in [0.1, 0.15) is 6.61 Å². The van der Waals surface area contributed by atoms with Gasteiger partial charge in [-0.05, 0) is 45.0 Å². The van der Waals surface area contributed by atoms with Gasteiger partial charge in [-0.1, -0.05) is 35.4 Å². The summed E-state index contributed by atoms with van der Waals surface area (Å²) < 4.78 is 5.03. The highest BCUT2D eigenvalue weighted by Crippen LogP contribution is 2.13. The van der Waals surface area contributed by atoms with Crippen LogP contribution in [0.2, 0.25) is 0 Å². The minimum absolute atomic E-state index is 0.105. The number of carbonyl (C=O) groups excluding carboxylic acids is 2. The molecule has 27 heavy (non-hydrogen) atoms. The summed E-state index contributed by atoms with van der Waals surface area (Å²) in [7, 11) is 0. The van der Waals surface area contributed by atoms with Gasteiger partial charge in [-0.25, -0.2) is 9.59 Å². The van der Waals surface area contributed by atoms with Crippen LogP contribution >= 0.6 is 0 Å². The van der Waals surface area contributed by atoms with E-state index in [4.69, 9.17) is 24.3 Å². The van der Waals surface area contributed by atoms with E-state index in [1.165, 1.54) is 0 Å². The average Bonchev–Trinajstić information content (AvgIpc) is 2.66. The molecule has 0 fully saturated rings. The van der Waals surface area contributed by atoms with Crippen LogP contribution in [0.1, 0.15) is 31.8 Å². The molecule has 0 amide bonds. The predicted octanol–water partition coefficient (Wildman–Crippen LogP) is 3.52. The Morgan fingerprint density at radius 1 is 0.815 bits per heavy atom. The molecule has 0 saturated carbocycles. The summed E-state index contributed by atoms with van der Waals surface area (Å²) in [6.07, 6.45) is -0.361. The molecule has 0 aliphatic heterocycles.